The quantitative estimate of drug-likeness (QED) is 0.886. The lowest BCUT2D eigenvalue weighted by atomic mass is 10.1. The predicted octanol–water partition coefficient (Wildman–Crippen LogP) is 3.55. The fourth-order valence-corrected chi connectivity index (χ4v) is 2.30. The maximum absolute atomic E-state index is 14.2. The fourth-order valence-electron chi connectivity index (χ4n) is 2.30. The van der Waals surface area contributed by atoms with Crippen molar-refractivity contribution in [1.29, 1.82) is 5.26 Å². The average molecular weight is 298 g/mol. The second-order valence-electron chi connectivity index (χ2n) is 4.82. The fraction of sp³-hybridized carbons (Fsp3) is 0.294. The van der Waals surface area contributed by atoms with Crippen molar-refractivity contribution in [3.63, 3.8) is 0 Å². The Hall–Kier alpha value is -2.61. The third-order valence-corrected chi connectivity index (χ3v) is 3.50. The first-order chi connectivity index (χ1) is 10.7. The van der Waals surface area contributed by atoms with Crippen LogP contribution >= 0.6 is 0 Å². The lowest BCUT2D eigenvalue weighted by molar-refractivity contribution is 0.618. The lowest BCUT2D eigenvalue weighted by Gasteiger charge is -2.22. The molecular formula is C17H19FN4. The predicted molar refractivity (Wildman–Crippen MR) is 86.2 cm³/mol. The summed E-state index contributed by atoms with van der Waals surface area (Å²) in [4.78, 5) is 6.10. The van der Waals surface area contributed by atoms with Crippen LogP contribution in [0.3, 0.4) is 0 Å². The van der Waals surface area contributed by atoms with E-state index in [-0.39, 0.29) is 5.82 Å². The summed E-state index contributed by atoms with van der Waals surface area (Å²) in [6.07, 6.45) is 1.62. The van der Waals surface area contributed by atoms with Gasteiger partial charge in [0.05, 0.1) is 11.3 Å². The summed E-state index contributed by atoms with van der Waals surface area (Å²) in [7, 11) is 0. The maximum Gasteiger partial charge on any atom is 0.146 e. The number of nitrogens with zero attached hydrogens (tertiary/aromatic N) is 3. The molecule has 0 atom stereocenters. The van der Waals surface area contributed by atoms with Gasteiger partial charge in [-0.25, -0.2) is 9.37 Å². The van der Waals surface area contributed by atoms with Crippen LogP contribution in [0.15, 0.2) is 36.5 Å². The molecule has 0 bridgehead atoms. The topological polar surface area (TPSA) is 52.0 Å². The van der Waals surface area contributed by atoms with Crippen LogP contribution in [0.5, 0.6) is 0 Å². The van der Waals surface area contributed by atoms with Gasteiger partial charge in [0.1, 0.15) is 17.7 Å². The molecule has 0 unspecified atom stereocenters. The third-order valence-electron chi connectivity index (χ3n) is 3.50. The van der Waals surface area contributed by atoms with Gasteiger partial charge >= 0.3 is 0 Å². The first kappa shape index (κ1) is 15.8. The van der Waals surface area contributed by atoms with Gasteiger partial charge in [0.2, 0.25) is 0 Å². The maximum atomic E-state index is 14.2. The molecule has 0 saturated carbocycles. The summed E-state index contributed by atoms with van der Waals surface area (Å²) in [5.74, 6) is 0.280. The van der Waals surface area contributed by atoms with Crippen molar-refractivity contribution in [2.75, 3.05) is 23.3 Å². The van der Waals surface area contributed by atoms with Crippen molar-refractivity contribution in [2.45, 2.75) is 20.4 Å². The van der Waals surface area contributed by atoms with Gasteiger partial charge in [-0.1, -0.05) is 6.07 Å². The van der Waals surface area contributed by atoms with Gasteiger partial charge in [0, 0.05) is 25.8 Å². The number of anilines is 2. The van der Waals surface area contributed by atoms with Crippen LogP contribution in [0.4, 0.5) is 15.9 Å². The van der Waals surface area contributed by atoms with E-state index in [2.05, 4.69) is 16.4 Å². The van der Waals surface area contributed by atoms with E-state index in [1.54, 1.807) is 24.4 Å². The van der Waals surface area contributed by atoms with Gasteiger partial charge in [-0.2, -0.15) is 5.26 Å². The van der Waals surface area contributed by atoms with Crippen molar-refractivity contribution in [2.24, 2.45) is 0 Å². The molecule has 0 spiro atoms. The van der Waals surface area contributed by atoms with Crippen LogP contribution in [0.2, 0.25) is 0 Å². The summed E-state index contributed by atoms with van der Waals surface area (Å²) in [5.41, 5.74) is 1.90. The molecule has 0 aliphatic heterocycles. The molecule has 0 amide bonds. The van der Waals surface area contributed by atoms with E-state index in [9.17, 15) is 4.39 Å². The minimum absolute atomic E-state index is 0.232. The highest BCUT2D eigenvalue weighted by molar-refractivity contribution is 5.52. The van der Waals surface area contributed by atoms with E-state index in [4.69, 9.17) is 5.26 Å². The monoisotopic (exact) mass is 298 g/mol. The van der Waals surface area contributed by atoms with Gasteiger partial charge in [-0.3, -0.25) is 0 Å². The van der Waals surface area contributed by atoms with Crippen molar-refractivity contribution >= 4 is 11.5 Å². The Morgan fingerprint density at radius 2 is 2.05 bits per heavy atom. The van der Waals surface area contributed by atoms with E-state index in [1.807, 2.05) is 24.8 Å². The molecule has 114 valence electrons. The number of nitriles is 1. The van der Waals surface area contributed by atoms with E-state index in [0.29, 0.717) is 23.6 Å². The van der Waals surface area contributed by atoms with E-state index in [1.165, 1.54) is 6.07 Å². The smallest absolute Gasteiger partial charge is 0.146 e. The zero-order valence-electron chi connectivity index (χ0n) is 12.8. The molecule has 0 aliphatic carbocycles. The average Bonchev–Trinajstić information content (AvgIpc) is 2.56. The molecule has 22 heavy (non-hydrogen) atoms. The second-order valence-corrected chi connectivity index (χ2v) is 4.82. The number of nitrogens with one attached hydrogen (secondary N) is 1. The molecule has 0 saturated heterocycles. The number of pyridine rings is 1. The van der Waals surface area contributed by atoms with Crippen molar-refractivity contribution < 1.29 is 4.39 Å². The number of hydrogen-bond donors (Lipinski definition) is 1. The molecule has 0 aliphatic rings. The van der Waals surface area contributed by atoms with E-state index >= 15 is 0 Å². The Morgan fingerprint density at radius 3 is 2.68 bits per heavy atom. The van der Waals surface area contributed by atoms with Gasteiger partial charge in [-0.05, 0) is 43.7 Å². The number of benzene rings is 1. The summed E-state index contributed by atoms with van der Waals surface area (Å²) in [5, 5.41) is 12.1. The summed E-state index contributed by atoms with van der Waals surface area (Å²) in [6.45, 7) is 5.96. The minimum atomic E-state index is -0.232. The van der Waals surface area contributed by atoms with Crippen LogP contribution in [0.1, 0.15) is 25.0 Å². The zero-order chi connectivity index (χ0) is 15.9. The molecule has 0 radical (unpaired) electrons. The number of halogens is 1. The largest absolute Gasteiger partial charge is 0.370 e. The van der Waals surface area contributed by atoms with Crippen molar-refractivity contribution in [3.05, 3.63) is 53.5 Å². The number of hydrogen-bond acceptors (Lipinski definition) is 4. The molecule has 2 rings (SSSR count). The van der Waals surface area contributed by atoms with Gasteiger partial charge in [-0.15, -0.1) is 0 Å². The highest BCUT2D eigenvalue weighted by Gasteiger charge is 2.09. The lowest BCUT2D eigenvalue weighted by Crippen LogP contribution is -2.23. The van der Waals surface area contributed by atoms with Gasteiger partial charge in [0.15, 0.2) is 0 Å². The standard InChI is InChI=1S/C17H19FN4/c1-3-22(4-2)16-8-7-13(10-15(16)18)12-21-17-14(11-19)6-5-9-20-17/h5-10H,3-4,12H2,1-2H3,(H,20,21). The first-order valence-electron chi connectivity index (χ1n) is 7.32. The van der Waals surface area contributed by atoms with E-state index < -0.39 is 0 Å². The third kappa shape index (κ3) is 3.53. The Balaban J connectivity index is 2.11. The molecule has 5 heteroatoms. The van der Waals surface area contributed by atoms with Crippen LogP contribution in [0.25, 0.3) is 0 Å². The molecule has 4 nitrogen and oxygen atoms in total. The van der Waals surface area contributed by atoms with Crippen LogP contribution in [0, 0.1) is 17.1 Å². The van der Waals surface area contributed by atoms with Crippen molar-refractivity contribution in [1.82, 2.24) is 4.98 Å². The molecule has 1 heterocycles. The van der Waals surface area contributed by atoms with Gasteiger partial charge in [0.25, 0.3) is 0 Å². The molecule has 1 N–H and O–H groups in total. The Kier molecular flexibility index (Phi) is 5.31. The Bertz CT molecular complexity index is 675. The van der Waals surface area contributed by atoms with Crippen LogP contribution < -0.4 is 10.2 Å². The normalized spacial score (nSPS) is 10.1. The molecule has 1 aromatic heterocycles. The SMILES string of the molecule is CCN(CC)c1ccc(CNc2ncccc2C#N)cc1F. The molecule has 2 aromatic rings. The summed E-state index contributed by atoms with van der Waals surface area (Å²) < 4.78 is 14.2. The molecule has 0 fully saturated rings. The molecule has 1 aromatic carbocycles. The highest BCUT2D eigenvalue weighted by Crippen LogP contribution is 2.21. The first-order valence-corrected chi connectivity index (χ1v) is 7.32. The number of aromatic nitrogens is 1. The second kappa shape index (κ2) is 7.41. The highest BCUT2D eigenvalue weighted by atomic mass is 19.1. The Labute approximate surface area is 130 Å². The van der Waals surface area contributed by atoms with Crippen molar-refractivity contribution in [3.8, 4) is 6.07 Å². The summed E-state index contributed by atoms with van der Waals surface area (Å²) >= 11 is 0. The Morgan fingerprint density at radius 1 is 1.27 bits per heavy atom. The van der Waals surface area contributed by atoms with Gasteiger partial charge < -0.3 is 10.2 Å². The minimum Gasteiger partial charge on any atom is -0.370 e. The van der Waals surface area contributed by atoms with E-state index in [0.717, 1.165) is 18.7 Å². The van der Waals surface area contributed by atoms with Crippen LogP contribution in [-0.4, -0.2) is 18.1 Å². The summed E-state index contributed by atoms with van der Waals surface area (Å²) in [6, 6.07) is 10.7. The molecular weight excluding hydrogens is 279 g/mol. The van der Waals surface area contributed by atoms with Crippen LogP contribution in [-0.2, 0) is 6.54 Å². The number of rotatable bonds is 6. The zero-order valence-corrected chi connectivity index (χ0v) is 12.8.